The van der Waals surface area contributed by atoms with Crippen LogP contribution in [-0.4, -0.2) is 23.5 Å². The molecule has 116 valence electrons. The number of carbonyl (C=O) groups excluding carboxylic acids is 4. The highest BCUT2D eigenvalue weighted by Crippen LogP contribution is 2.20. The highest BCUT2D eigenvalue weighted by Gasteiger charge is 2.26. The Morgan fingerprint density at radius 3 is 2.57 bits per heavy atom. The van der Waals surface area contributed by atoms with Crippen LogP contribution in [0.3, 0.4) is 0 Å². The van der Waals surface area contributed by atoms with E-state index >= 15 is 0 Å². The molecule has 6 nitrogen and oxygen atoms in total. The summed E-state index contributed by atoms with van der Waals surface area (Å²) in [6.45, 7) is 0. The molecule has 3 rings (SSSR count). The molecule has 1 aromatic carbocycles. The van der Waals surface area contributed by atoms with Crippen LogP contribution in [0.2, 0.25) is 0 Å². The Bertz CT molecular complexity index is 811. The van der Waals surface area contributed by atoms with Gasteiger partial charge in [-0.15, -0.1) is 11.3 Å². The number of hydrogen-bond donors (Lipinski definition) is 2. The van der Waals surface area contributed by atoms with Gasteiger partial charge in [-0.25, -0.2) is 0 Å². The molecular weight excluding hydrogens is 316 g/mol. The van der Waals surface area contributed by atoms with Gasteiger partial charge in [0.15, 0.2) is 5.78 Å². The highest BCUT2D eigenvalue weighted by atomic mass is 32.1. The van der Waals surface area contributed by atoms with E-state index in [1.54, 1.807) is 18.2 Å². The zero-order valence-electron chi connectivity index (χ0n) is 11.9. The molecule has 2 aromatic rings. The first-order chi connectivity index (χ1) is 11.0. The number of carbonyl (C=O) groups is 4. The van der Waals surface area contributed by atoms with E-state index in [2.05, 4.69) is 10.6 Å². The second-order valence-electron chi connectivity index (χ2n) is 4.99. The minimum atomic E-state index is -0.478. The summed E-state index contributed by atoms with van der Waals surface area (Å²) >= 11 is 1.34. The Morgan fingerprint density at radius 2 is 1.83 bits per heavy atom. The van der Waals surface area contributed by atoms with Gasteiger partial charge in [0.1, 0.15) is 0 Å². The van der Waals surface area contributed by atoms with E-state index in [0.717, 1.165) is 0 Å². The average Bonchev–Trinajstić information content (AvgIpc) is 3.14. The number of amides is 3. The molecular formula is C16H12N2O4S. The summed E-state index contributed by atoms with van der Waals surface area (Å²) in [5.74, 6) is -1.31. The summed E-state index contributed by atoms with van der Waals surface area (Å²) in [5, 5.41) is 6.62. The lowest BCUT2D eigenvalue weighted by molar-refractivity contribution is -0.116. The zero-order valence-corrected chi connectivity index (χ0v) is 12.7. The second-order valence-corrected chi connectivity index (χ2v) is 5.94. The predicted octanol–water partition coefficient (Wildman–Crippen LogP) is 2.23. The summed E-state index contributed by atoms with van der Waals surface area (Å²) in [6, 6.07) is 8.00. The molecule has 0 saturated carbocycles. The minimum absolute atomic E-state index is 0.0545. The molecule has 0 unspecified atom stereocenters. The third-order valence-electron chi connectivity index (χ3n) is 3.39. The van der Waals surface area contributed by atoms with Crippen molar-refractivity contribution in [3.8, 4) is 0 Å². The van der Waals surface area contributed by atoms with Gasteiger partial charge in [0.05, 0.1) is 16.0 Å². The number of Topliss-reactive ketones (excluding diaryl/α,β-unsaturated/α-hetero) is 1. The molecule has 0 atom stereocenters. The lowest BCUT2D eigenvalue weighted by Crippen LogP contribution is -2.19. The molecule has 1 aliphatic rings. The number of anilines is 1. The lowest BCUT2D eigenvalue weighted by Gasteiger charge is -2.05. The van der Waals surface area contributed by atoms with Crippen LogP contribution in [0.1, 0.15) is 43.2 Å². The molecule has 0 aliphatic carbocycles. The maximum Gasteiger partial charge on any atom is 0.259 e. The fraction of sp³-hybridized carbons (Fsp3) is 0.125. The standard InChI is InChI=1S/C16H12N2O4S/c19-12(13-2-1-7-23-13)5-6-14(20)17-9-3-4-10-11(8-9)16(22)18-15(10)21/h1-4,7-8H,5-6H2,(H,17,20)(H,18,21,22). The van der Waals surface area contributed by atoms with Gasteiger partial charge in [-0.05, 0) is 29.6 Å². The Hall–Kier alpha value is -2.80. The molecule has 3 amide bonds. The molecule has 23 heavy (non-hydrogen) atoms. The number of thiophene rings is 1. The molecule has 0 saturated heterocycles. The van der Waals surface area contributed by atoms with Crippen LogP contribution in [0.25, 0.3) is 0 Å². The fourth-order valence-electron chi connectivity index (χ4n) is 2.26. The van der Waals surface area contributed by atoms with Gasteiger partial charge in [0.2, 0.25) is 5.91 Å². The number of benzene rings is 1. The van der Waals surface area contributed by atoms with Crippen LogP contribution < -0.4 is 10.6 Å². The Morgan fingerprint density at radius 1 is 1.04 bits per heavy atom. The van der Waals surface area contributed by atoms with Gasteiger partial charge in [0.25, 0.3) is 11.8 Å². The van der Waals surface area contributed by atoms with Gasteiger partial charge in [-0.3, -0.25) is 24.5 Å². The van der Waals surface area contributed by atoms with Crippen molar-refractivity contribution in [1.82, 2.24) is 5.32 Å². The molecule has 1 aromatic heterocycles. The monoisotopic (exact) mass is 328 g/mol. The van der Waals surface area contributed by atoms with E-state index in [9.17, 15) is 19.2 Å². The van der Waals surface area contributed by atoms with Gasteiger partial charge >= 0.3 is 0 Å². The molecule has 2 N–H and O–H groups in total. The summed E-state index contributed by atoms with van der Waals surface area (Å²) in [7, 11) is 0. The van der Waals surface area contributed by atoms with Crippen LogP contribution in [0.15, 0.2) is 35.7 Å². The largest absolute Gasteiger partial charge is 0.326 e. The van der Waals surface area contributed by atoms with Crippen molar-refractivity contribution >= 4 is 40.5 Å². The molecule has 0 spiro atoms. The number of imide groups is 1. The van der Waals surface area contributed by atoms with Crippen molar-refractivity contribution in [2.75, 3.05) is 5.32 Å². The molecule has 1 aliphatic heterocycles. The number of fused-ring (bicyclic) bond motifs is 1. The number of rotatable bonds is 5. The molecule has 2 heterocycles. The fourth-order valence-corrected chi connectivity index (χ4v) is 2.95. The summed E-state index contributed by atoms with van der Waals surface area (Å²) < 4.78 is 0. The van der Waals surface area contributed by atoms with Crippen LogP contribution in [0, 0.1) is 0 Å². The lowest BCUT2D eigenvalue weighted by atomic mass is 10.1. The normalized spacial score (nSPS) is 12.7. The van der Waals surface area contributed by atoms with Crippen molar-refractivity contribution in [2.45, 2.75) is 12.8 Å². The van der Waals surface area contributed by atoms with Crippen LogP contribution >= 0.6 is 11.3 Å². The highest BCUT2D eigenvalue weighted by molar-refractivity contribution is 7.12. The van der Waals surface area contributed by atoms with Crippen molar-refractivity contribution < 1.29 is 19.2 Å². The maximum absolute atomic E-state index is 11.9. The Balaban J connectivity index is 1.60. The quantitative estimate of drug-likeness (QED) is 0.650. The summed E-state index contributed by atoms with van der Waals surface area (Å²) in [6.07, 6.45) is 0.176. The molecule has 0 fully saturated rings. The van der Waals surface area contributed by atoms with Crippen molar-refractivity contribution in [3.63, 3.8) is 0 Å². The van der Waals surface area contributed by atoms with Gasteiger partial charge in [0, 0.05) is 18.5 Å². The molecule has 0 radical (unpaired) electrons. The maximum atomic E-state index is 11.9. The second kappa shape index (κ2) is 6.13. The van der Waals surface area contributed by atoms with Crippen molar-refractivity contribution in [1.29, 1.82) is 0 Å². The first kappa shape index (κ1) is 15.1. The summed E-state index contributed by atoms with van der Waals surface area (Å²) in [4.78, 5) is 47.4. The van der Waals surface area contributed by atoms with E-state index < -0.39 is 11.8 Å². The average molecular weight is 328 g/mol. The SMILES string of the molecule is O=C(CCC(=O)c1cccs1)Nc1ccc2c(c1)C(=O)NC2=O. The van der Waals surface area contributed by atoms with Crippen LogP contribution in [0.4, 0.5) is 5.69 Å². The smallest absolute Gasteiger partial charge is 0.259 e. The topological polar surface area (TPSA) is 92.3 Å². The van der Waals surface area contributed by atoms with E-state index in [-0.39, 0.29) is 30.1 Å². The van der Waals surface area contributed by atoms with E-state index in [1.807, 2.05) is 5.38 Å². The third-order valence-corrected chi connectivity index (χ3v) is 4.31. The third kappa shape index (κ3) is 3.19. The summed E-state index contributed by atoms with van der Waals surface area (Å²) in [5.41, 5.74) is 0.950. The van der Waals surface area contributed by atoms with Crippen LogP contribution in [-0.2, 0) is 4.79 Å². The van der Waals surface area contributed by atoms with Gasteiger partial charge in [-0.1, -0.05) is 6.07 Å². The van der Waals surface area contributed by atoms with Crippen LogP contribution in [0.5, 0.6) is 0 Å². The number of ketones is 1. The van der Waals surface area contributed by atoms with Crippen molar-refractivity contribution in [3.05, 3.63) is 51.7 Å². The van der Waals surface area contributed by atoms with E-state index in [0.29, 0.717) is 16.1 Å². The molecule has 0 bridgehead atoms. The van der Waals surface area contributed by atoms with Crippen molar-refractivity contribution in [2.24, 2.45) is 0 Å². The molecule has 7 heteroatoms. The van der Waals surface area contributed by atoms with E-state index in [1.165, 1.54) is 23.5 Å². The van der Waals surface area contributed by atoms with Gasteiger partial charge in [-0.2, -0.15) is 0 Å². The first-order valence-electron chi connectivity index (χ1n) is 6.91. The van der Waals surface area contributed by atoms with Gasteiger partial charge < -0.3 is 5.32 Å². The first-order valence-corrected chi connectivity index (χ1v) is 7.79. The minimum Gasteiger partial charge on any atom is -0.326 e. The van der Waals surface area contributed by atoms with E-state index in [4.69, 9.17) is 0 Å². The zero-order chi connectivity index (χ0) is 16.4. The predicted molar refractivity (Wildman–Crippen MR) is 84.8 cm³/mol. The Kier molecular flexibility index (Phi) is 4.03. The number of nitrogens with one attached hydrogen (secondary N) is 2. The Labute approximate surface area is 135 Å². The number of hydrogen-bond acceptors (Lipinski definition) is 5.